The standard InChI is InChI=1S/C15H15FN2O4.C14H13FN2O4/c1-21-14(19)3-2-8-17-15(20)12-9-13(22-18-12)10-4-6-11(16)7-5-10;15-10-5-3-9(4-6-10)12-8-11(17-21-12)14(20)16-7-1-2-13(18)19/h4-7,9H,2-3,8H2,1H3,(H,17,20);3-6,8H,1-2,7H2,(H,16,20)(H,18,19). The number of hydrogen-bond donors (Lipinski definition) is 3. The number of methoxy groups -OCH3 is 1. The number of benzene rings is 2. The van der Waals surface area contributed by atoms with Crippen LogP contribution in [0.5, 0.6) is 0 Å². The van der Waals surface area contributed by atoms with Gasteiger partial charge < -0.3 is 29.5 Å². The number of halogens is 2. The molecule has 0 aliphatic carbocycles. The highest BCUT2D eigenvalue weighted by atomic mass is 19.1. The Labute approximate surface area is 244 Å². The van der Waals surface area contributed by atoms with Crippen LogP contribution in [0.2, 0.25) is 0 Å². The minimum Gasteiger partial charge on any atom is -0.481 e. The molecule has 0 saturated carbocycles. The molecule has 0 atom stereocenters. The summed E-state index contributed by atoms with van der Waals surface area (Å²) in [5.41, 5.74) is 1.44. The number of hydrogen-bond acceptors (Lipinski definition) is 9. The summed E-state index contributed by atoms with van der Waals surface area (Å²) >= 11 is 0. The molecule has 43 heavy (non-hydrogen) atoms. The van der Waals surface area contributed by atoms with Gasteiger partial charge in [0.25, 0.3) is 11.8 Å². The first kappa shape index (κ1) is 32.1. The van der Waals surface area contributed by atoms with Gasteiger partial charge in [0.2, 0.25) is 0 Å². The van der Waals surface area contributed by atoms with E-state index in [-0.39, 0.29) is 48.4 Å². The first-order chi connectivity index (χ1) is 20.7. The molecular formula is C29H28F2N4O8. The zero-order valence-electron chi connectivity index (χ0n) is 23.0. The number of esters is 1. The second-order valence-electron chi connectivity index (χ2n) is 8.86. The predicted molar refractivity (Wildman–Crippen MR) is 147 cm³/mol. The molecule has 14 heteroatoms. The van der Waals surface area contributed by atoms with Crippen LogP contribution in [-0.4, -0.2) is 59.4 Å². The summed E-state index contributed by atoms with van der Waals surface area (Å²) in [6.45, 7) is 0.566. The summed E-state index contributed by atoms with van der Waals surface area (Å²) in [4.78, 5) is 44.8. The molecule has 2 amide bonds. The molecule has 4 rings (SSSR count). The van der Waals surface area contributed by atoms with Crippen LogP contribution in [0.3, 0.4) is 0 Å². The van der Waals surface area contributed by atoms with E-state index in [1.807, 2.05) is 0 Å². The van der Waals surface area contributed by atoms with Crippen molar-refractivity contribution in [2.24, 2.45) is 0 Å². The third kappa shape index (κ3) is 10.5. The van der Waals surface area contributed by atoms with Gasteiger partial charge in [-0.05, 0) is 61.4 Å². The number of rotatable bonds is 12. The molecule has 2 aromatic carbocycles. The summed E-state index contributed by atoms with van der Waals surface area (Å²) in [5, 5.41) is 20.9. The maximum Gasteiger partial charge on any atom is 0.305 e. The Hall–Kier alpha value is -5.40. The van der Waals surface area contributed by atoms with Crippen LogP contribution in [0.25, 0.3) is 22.6 Å². The van der Waals surface area contributed by atoms with E-state index >= 15 is 0 Å². The quantitative estimate of drug-likeness (QED) is 0.158. The summed E-state index contributed by atoms with van der Waals surface area (Å²) < 4.78 is 40.3. The van der Waals surface area contributed by atoms with Gasteiger partial charge in [0.1, 0.15) is 11.6 Å². The first-order valence-electron chi connectivity index (χ1n) is 13.0. The van der Waals surface area contributed by atoms with Gasteiger partial charge in [0.15, 0.2) is 22.9 Å². The lowest BCUT2D eigenvalue weighted by Crippen LogP contribution is -2.25. The van der Waals surface area contributed by atoms with Crippen LogP contribution in [0.1, 0.15) is 46.7 Å². The average Bonchev–Trinajstić information content (AvgIpc) is 3.69. The maximum atomic E-state index is 12.8. The lowest BCUT2D eigenvalue weighted by Gasteiger charge is -2.01. The van der Waals surface area contributed by atoms with E-state index in [9.17, 15) is 28.0 Å². The summed E-state index contributed by atoms with van der Waals surface area (Å²) in [6.07, 6.45) is 1.03. The Morgan fingerprint density at radius 3 is 1.56 bits per heavy atom. The fraction of sp³-hybridized carbons (Fsp3) is 0.241. The van der Waals surface area contributed by atoms with Crippen LogP contribution < -0.4 is 10.6 Å². The van der Waals surface area contributed by atoms with Crippen LogP contribution in [0.4, 0.5) is 8.78 Å². The molecule has 226 valence electrons. The second-order valence-corrected chi connectivity index (χ2v) is 8.86. The van der Waals surface area contributed by atoms with Gasteiger partial charge >= 0.3 is 11.9 Å². The molecule has 0 unspecified atom stereocenters. The number of aliphatic carboxylic acids is 1. The number of ether oxygens (including phenoxy) is 1. The van der Waals surface area contributed by atoms with Crippen molar-refractivity contribution >= 4 is 23.8 Å². The summed E-state index contributed by atoms with van der Waals surface area (Å²) in [6, 6.07) is 14.2. The van der Waals surface area contributed by atoms with Gasteiger partial charge in [-0.2, -0.15) is 0 Å². The largest absolute Gasteiger partial charge is 0.481 e. The van der Waals surface area contributed by atoms with Crippen LogP contribution in [0.15, 0.2) is 69.7 Å². The Morgan fingerprint density at radius 2 is 1.16 bits per heavy atom. The van der Waals surface area contributed by atoms with Crippen LogP contribution in [-0.2, 0) is 14.3 Å². The molecule has 2 aromatic heterocycles. The Morgan fingerprint density at radius 1 is 0.744 bits per heavy atom. The molecule has 12 nitrogen and oxygen atoms in total. The van der Waals surface area contributed by atoms with Crippen molar-refractivity contribution in [1.82, 2.24) is 20.9 Å². The predicted octanol–water partition coefficient (Wildman–Crippen LogP) is 4.24. The molecule has 0 saturated heterocycles. The highest BCUT2D eigenvalue weighted by molar-refractivity contribution is 5.93. The van der Waals surface area contributed by atoms with E-state index in [1.165, 1.54) is 67.8 Å². The zero-order valence-corrected chi connectivity index (χ0v) is 23.0. The fourth-order valence-corrected chi connectivity index (χ4v) is 3.42. The van der Waals surface area contributed by atoms with Gasteiger partial charge in [-0.3, -0.25) is 19.2 Å². The highest BCUT2D eigenvalue weighted by Crippen LogP contribution is 2.21. The number of carboxylic acid groups (broad SMARTS) is 1. The zero-order chi connectivity index (χ0) is 31.2. The smallest absolute Gasteiger partial charge is 0.305 e. The third-order valence-electron chi connectivity index (χ3n) is 5.67. The van der Waals surface area contributed by atoms with Crippen molar-refractivity contribution in [3.8, 4) is 22.6 Å². The number of aromatic nitrogens is 2. The van der Waals surface area contributed by atoms with Crippen molar-refractivity contribution in [1.29, 1.82) is 0 Å². The lowest BCUT2D eigenvalue weighted by molar-refractivity contribution is -0.140. The Balaban J connectivity index is 0.000000236. The molecule has 3 N–H and O–H groups in total. The van der Waals surface area contributed by atoms with Crippen LogP contribution in [0, 0.1) is 11.6 Å². The minimum atomic E-state index is -0.913. The van der Waals surface area contributed by atoms with E-state index < -0.39 is 17.8 Å². The highest BCUT2D eigenvalue weighted by Gasteiger charge is 2.15. The number of amides is 2. The SMILES string of the molecule is COC(=O)CCCNC(=O)c1cc(-c2ccc(F)cc2)on1.O=C(O)CCCNC(=O)c1cc(-c2ccc(F)cc2)on1. The molecule has 0 spiro atoms. The number of carboxylic acids is 1. The topological polar surface area (TPSA) is 174 Å². The molecule has 0 fully saturated rings. The number of carbonyl (C=O) groups is 4. The van der Waals surface area contributed by atoms with E-state index in [2.05, 4.69) is 25.7 Å². The van der Waals surface area contributed by atoms with Gasteiger partial charge in [0.05, 0.1) is 7.11 Å². The lowest BCUT2D eigenvalue weighted by atomic mass is 10.1. The summed E-state index contributed by atoms with van der Waals surface area (Å²) in [7, 11) is 1.31. The van der Waals surface area contributed by atoms with Gasteiger partial charge in [0, 0.05) is 49.2 Å². The normalized spacial score (nSPS) is 10.3. The fourth-order valence-electron chi connectivity index (χ4n) is 3.42. The molecule has 0 bridgehead atoms. The number of carbonyl (C=O) groups excluding carboxylic acids is 3. The average molecular weight is 599 g/mol. The van der Waals surface area contributed by atoms with Gasteiger partial charge in [-0.15, -0.1) is 0 Å². The van der Waals surface area contributed by atoms with Gasteiger partial charge in [-0.25, -0.2) is 8.78 Å². The molecular weight excluding hydrogens is 570 g/mol. The number of nitrogens with zero attached hydrogens (tertiary/aromatic N) is 2. The minimum absolute atomic E-state index is 0.0140. The van der Waals surface area contributed by atoms with E-state index in [0.29, 0.717) is 42.0 Å². The molecule has 4 aromatic rings. The Bertz CT molecular complexity index is 1520. The first-order valence-corrected chi connectivity index (χ1v) is 13.0. The Kier molecular flexibility index (Phi) is 12.1. The van der Waals surface area contributed by atoms with Crippen molar-refractivity contribution in [2.45, 2.75) is 25.7 Å². The van der Waals surface area contributed by atoms with E-state index in [4.69, 9.17) is 14.2 Å². The van der Waals surface area contributed by atoms with Crippen molar-refractivity contribution < 1.29 is 46.8 Å². The van der Waals surface area contributed by atoms with E-state index in [0.717, 1.165) is 0 Å². The maximum absolute atomic E-state index is 12.8. The van der Waals surface area contributed by atoms with Crippen molar-refractivity contribution in [3.63, 3.8) is 0 Å². The van der Waals surface area contributed by atoms with Crippen molar-refractivity contribution in [3.05, 3.63) is 83.7 Å². The molecule has 0 aliphatic heterocycles. The number of nitrogens with one attached hydrogen (secondary N) is 2. The van der Waals surface area contributed by atoms with E-state index in [1.54, 1.807) is 0 Å². The summed E-state index contributed by atoms with van der Waals surface area (Å²) in [5.74, 6) is -2.08. The monoisotopic (exact) mass is 598 g/mol. The third-order valence-corrected chi connectivity index (χ3v) is 5.67. The second kappa shape index (κ2) is 16.1. The molecule has 2 heterocycles. The van der Waals surface area contributed by atoms with Gasteiger partial charge in [-0.1, -0.05) is 10.3 Å². The molecule has 0 radical (unpaired) electrons. The molecule has 0 aliphatic rings. The van der Waals surface area contributed by atoms with Crippen molar-refractivity contribution in [2.75, 3.05) is 20.2 Å². The van der Waals surface area contributed by atoms with Crippen LogP contribution >= 0.6 is 0 Å².